The summed E-state index contributed by atoms with van der Waals surface area (Å²) in [6.07, 6.45) is -1.51. The summed E-state index contributed by atoms with van der Waals surface area (Å²) < 4.78 is 66.7. The number of benzene rings is 1. The highest BCUT2D eigenvalue weighted by atomic mass is 35.5. The van der Waals surface area contributed by atoms with Gasteiger partial charge in [-0.05, 0) is 36.8 Å². The van der Waals surface area contributed by atoms with Gasteiger partial charge in [0, 0.05) is 37.4 Å². The number of nitrogens with one attached hydrogen (secondary N) is 1. The van der Waals surface area contributed by atoms with Gasteiger partial charge in [-0.2, -0.15) is 13.2 Å². The molecular formula is C21H19Cl2F3N6O2S. The number of halogens is 5. The van der Waals surface area contributed by atoms with E-state index in [2.05, 4.69) is 19.7 Å². The van der Waals surface area contributed by atoms with Crippen LogP contribution in [0.2, 0.25) is 10.0 Å². The Morgan fingerprint density at radius 3 is 2.43 bits per heavy atom. The molecule has 0 atom stereocenters. The van der Waals surface area contributed by atoms with Gasteiger partial charge >= 0.3 is 6.18 Å². The van der Waals surface area contributed by atoms with E-state index in [4.69, 9.17) is 23.2 Å². The van der Waals surface area contributed by atoms with Crippen LogP contribution in [0.3, 0.4) is 0 Å². The van der Waals surface area contributed by atoms with Gasteiger partial charge in [-0.15, -0.1) is 0 Å². The topological polar surface area (TPSA) is 91.3 Å². The predicted octanol–water partition coefficient (Wildman–Crippen LogP) is 4.71. The quantitative estimate of drug-likeness (QED) is 0.495. The minimum absolute atomic E-state index is 0.00498. The SMILES string of the molecule is O=S(=O)(Nc1cnc(N2CCCN(c3nccc(C(F)(F)F)n3)CC2)c(Cl)c1)c1cccc(Cl)c1. The van der Waals surface area contributed by atoms with Gasteiger partial charge in [0.05, 0.1) is 21.8 Å². The van der Waals surface area contributed by atoms with Crippen molar-refractivity contribution >= 4 is 50.7 Å². The lowest BCUT2D eigenvalue weighted by molar-refractivity contribution is -0.141. The summed E-state index contributed by atoms with van der Waals surface area (Å²) in [5, 5.41) is 0.505. The molecule has 0 radical (unpaired) electrons. The zero-order chi connectivity index (χ0) is 25.2. The van der Waals surface area contributed by atoms with Crippen molar-refractivity contribution in [2.45, 2.75) is 17.5 Å². The smallest absolute Gasteiger partial charge is 0.354 e. The second-order valence-corrected chi connectivity index (χ2v) is 10.2. The first-order chi connectivity index (χ1) is 16.5. The molecule has 1 aromatic carbocycles. The van der Waals surface area contributed by atoms with E-state index in [1.807, 2.05) is 4.90 Å². The van der Waals surface area contributed by atoms with E-state index < -0.39 is 21.9 Å². The first-order valence-corrected chi connectivity index (χ1v) is 12.6. The fraction of sp³-hybridized carbons (Fsp3) is 0.286. The van der Waals surface area contributed by atoms with Crippen LogP contribution in [0.1, 0.15) is 12.1 Å². The molecule has 186 valence electrons. The zero-order valence-corrected chi connectivity index (χ0v) is 20.3. The lowest BCUT2D eigenvalue weighted by atomic mass is 10.3. The van der Waals surface area contributed by atoms with Crippen LogP contribution in [0.25, 0.3) is 0 Å². The molecule has 0 unspecified atom stereocenters. The van der Waals surface area contributed by atoms with E-state index in [9.17, 15) is 21.6 Å². The fourth-order valence-electron chi connectivity index (χ4n) is 3.56. The zero-order valence-electron chi connectivity index (χ0n) is 18.0. The Bertz CT molecular complexity index is 1330. The van der Waals surface area contributed by atoms with Gasteiger partial charge < -0.3 is 9.80 Å². The first-order valence-electron chi connectivity index (χ1n) is 10.4. The molecule has 0 bridgehead atoms. The maximum absolute atomic E-state index is 13.0. The Hall–Kier alpha value is -2.83. The lowest BCUT2D eigenvalue weighted by Gasteiger charge is -2.24. The molecule has 1 aliphatic heterocycles. The van der Waals surface area contributed by atoms with Gasteiger partial charge in [0.1, 0.15) is 11.5 Å². The average Bonchev–Trinajstić information content (AvgIpc) is 3.05. The van der Waals surface area contributed by atoms with Crippen LogP contribution in [0.15, 0.2) is 53.7 Å². The van der Waals surface area contributed by atoms with Crippen LogP contribution in [0.4, 0.5) is 30.6 Å². The molecule has 1 fully saturated rings. The molecule has 3 heterocycles. The van der Waals surface area contributed by atoms with Crippen molar-refractivity contribution < 1.29 is 21.6 Å². The number of hydrogen-bond donors (Lipinski definition) is 1. The van der Waals surface area contributed by atoms with E-state index in [1.54, 1.807) is 11.0 Å². The van der Waals surface area contributed by atoms with Gasteiger partial charge in [-0.3, -0.25) is 4.72 Å². The van der Waals surface area contributed by atoms with Crippen LogP contribution in [0.5, 0.6) is 0 Å². The van der Waals surface area contributed by atoms with Gasteiger partial charge in [0.25, 0.3) is 10.0 Å². The van der Waals surface area contributed by atoms with Crippen molar-refractivity contribution in [2.75, 3.05) is 40.7 Å². The van der Waals surface area contributed by atoms with Crippen molar-refractivity contribution in [2.24, 2.45) is 0 Å². The summed E-state index contributed by atoms with van der Waals surface area (Å²) in [4.78, 5) is 15.5. The van der Waals surface area contributed by atoms with Crippen molar-refractivity contribution in [1.82, 2.24) is 15.0 Å². The van der Waals surface area contributed by atoms with E-state index in [0.29, 0.717) is 38.4 Å². The van der Waals surface area contributed by atoms with Crippen LogP contribution < -0.4 is 14.5 Å². The van der Waals surface area contributed by atoms with Crippen LogP contribution in [-0.2, 0) is 16.2 Å². The molecule has 1 saturated heterocycles. The van der Waals surface area contributed by atoms with Gasteiger partial charge in [0.15, 0.2) is 0 Å². The summed E-state index contributed by atoms with van der Waals surface area (Å²) >= 11 is 12.3. The summed E-state index contributed by atoms with van der Waals surface area (Å²) in [6, 6.07) is 8.11. The summed E-state index contributed by atoms with van der Waals surface area (Å²) in [6.45, 7) is 1.74. The summed E-state index contributed by atoms with van der Waals surface area (Å²) in [5.74, 6) is 0.440. The van der Waals surface area contributed by atoms with Crippen molar-refractivity contribution in [1.29, 1.82) is 0 Å². The molecule has 0 saturated carbocycles. The lowest BCUT2D eigenvalue weighted by Crippen LogP contribution is -2.32. The van der Waals surface area contributed by atoms with Gasteiger partial charge in [0.2, 0.25) is 5.95 Å². The fourth-order valence-corrected chi connectivity index (χ4v) is 5.18. The Morgan fingerprint density at radius 1 is 0.971 bits per heavy atom. The molecule has 14 heteroatoms. The molecule has 2 aromatic heterocycles. The number of alkyl halides is 3. The third-order valence-corrected chi connectivity index (χ3v) is 7.08. The third kappa shape index (κ3) is 6.06. The van der Waals surface area contributed by atoms with Crippen molar-refractivity contribution in [3.05, 3.63) is 64.5 Å². The van der Waals surface area contributed by atoms with Crippen molar-refractivity contribution in [3.63, 3.8) is 0 Å². The number of hydrogen-bond acceptors (Lipinski definition) is 7. The maximum Gasteiger partial charge on any atom is 0.433 e. The number of pyridine rings is 1. The van der Waals surface area contributed by atoms with E-state index in [-0.39, 0.29) is 26.6 Å². The Labute approximate surface area is 209 Å². The van der Waals surface area contributed by atoms with Gasteiger partial charge in [-0.1, -0.05) is 29.3 Å². The highest BCUT2D eigenvalue weighted by Gasteiger charge is 2.33. The van der Waals surface area contributed by atoms with Crippen LogP contribution >= 0.6 is 23.2 Å². The predicted molar refractivity (Wildman–Crippen MR) is 128 cm³/mol. The monoisotopic (exact) mass is 546 g/mol. The van der Waals surface area contributed by atoms with E-state index >= 15 is 0 Å². The van der Waals surface area contributed by atoms with Crippen molar-refractivity contribution in [3.8, 4) is 0 Å². The summed E-state index contributed by atoms with van der Waals surface area (Å²) in [5.41, 5.74) is -0.823. The first kappa shape index (κ1) is 25.3. The highest BCUT2D eigenvalue weighted by Crippen LogP contribution is 2.30. The molecule has 1 aliphatic rings. The van der Waals surface area contributed by atoms with E-state index in [0.717, 1.165) is 12.3 Å². The molecule has 1 N–H and O–H groups in total. The minimum atomic E-state index is -4.55. The maximum atomic E-state index is 13.0. The minimum Gasteiger partial charge on any atom is -0.354 e. The standard InChI is InChI=1S/C21H19Cl2F3N6O2S/c22-14-3-1-4-16(11-14)35(33,34)30-15-12-17(23)19(28-13-15)31-7-2-8-32(10-9-31)20-27-6-5-18(29-20)21(24,25)26/h1,3-6,11-13,30H,2,7-10H2. The Morgan fingerprint density at radius 2 is 1.71 bits per heavy atom. The van der Waals surface area contributed by atoms with Gasteiger partial charge in [-0.25, -0.2) is 23.4 Å². The number of anilines is 3. The average molecular weight is 547 g/mol. The Balaban J connectivity index is 1.47. The largest absolute Gasteiger partial charge is 0.433 e. The summed E-state index contributed by atoms with van der Waals surface area (Å²) in [7, 11) is -3.90. The molecule has 4 rings (SSSR count). The molecule has 3 aromatic rings. The van der Waals surface area contributed by atoms with E-state index in [1.165, 1.54) is 30.5 Å². The molecule has 8 nitrogen and oxygen atoms in total. The van der Waals surface area contributed by atoms with Crippen LogP contribution in [-0.4, -0.2) is 49.5 Å². The number of sulfonamides is 1. The highest BCUT2D eigenvalue weighted by molar-refractivity contribution is 7.92. The van der Waals surface area contributed by atoms with Crippen LogP contribution in [0, 0.1) is 0 Å². The molecule has 35 heavy (non-hydrogen) atoms. The Kier molecular flexibility index (Phi) is 7.25. The molecule has 0 spiro atoms. The molecular weight excluding hydrogens is 528 g/mol. The third-order valence-electron chi connectivity index (χ3n) is 5.19. The second-order valence-electron chi connectivity index (χ2n) is 7.66. The second kappa shape index (κ2) is 10.0. The molecule has 0 amide bonds. The number of rotatable bonds is 5. The normalized spacial score (nSPS) is 15.1. The molecule has 0 aliphatic carbocycles. The number of nitrogens with zero attached hydrogens (tertiary/aromatic N) is 5. The number of aromatic nitrogens is 3.